The fourth-order valence-corrected chi connectivity index (χ4v) is 4.84. The molecule has 7 nitrogen and oxygen atoms in total. The summed E-state index contributed by atoms with van der Waals surface area (Å²) >= 11 is 1.71. The summed E-state index contributed by atoms with van der Waals surface area (Å²) in [5.74, 6) is 0.806. The summed E-state index contributed by atoms with van der Waals surface area (Å²) in [6.45, 7) is 0. The number of aryl methyl sites for hydroxylation is 2. The van der Waals surface area contributed by atoms with Gasteiger partial charge in [0.25, 0.3) is 5.56 Å². The summed E-state index contributed by atoms with van der Waals surface area (Å²) in [6, 6.07) is 3.35. The van der Waals surface area contributed by atoms with E-state index in [0.717, 1.165) is 49.3 Å². The van der Waals surface area contributed by atoms with E-state index < -0.39 is 5.63 Å². The van der Waals surface area contributed by atoms with Gasteiger partial charge >= 0.3 is 11.6 Å². The fourth-order valence-electron chi connectivity index (χ4n) is 3.89. The topological polar surface area (TPSA) is 97.5 Å². The molecule has 2 aliphatic rings. The average Bonchev–Trinajstić information content (AvgIpc) is 3.39. The van der Waals surface area contributed by atoms with Gasteiger partial charge in [0.15, 0.2) is 0 Å². The highest BCUT2D eigenvalue weighted by Gasteiger charge is 2.21. The Balaban J connectivity index is 1.43. The number of aromatic amines is 1. The first kappa shape index (κ1) is 18.3. The second-order valence-corrected chi connectivity index (χ2v) is 8.72. The standard InChI is InChI=1S/C21H21N3O4S/c25-17-11-13(4-1-3-12-7-8-12)18-19(26)22-21(23-20(18)27-17)28-24-15-5-2-6-16-14(15)9-10-29-16/h9-12H,1-8H2,(H,22,23,26)/b24-15-. The second-order valence-electron chi connectivity index (χ2n) is 7.72. The predicted octanol–water partition coefficient (Wildman–Crippen LogP) is 3.79. The zero-order chi connectivity index (χ0) is 19.8. The maximum absolute atomic E-state index is 12.7. The van der Waals surface area contributed by atoms with E-state index in [1.54, 1.807) is 11.3 Å². The minimum absolute atomic E-state index is 0.00209. The number of nitrogens with one attached hydrogen (secondary N) is 1. The lowest BCUT2D eigenvalue weighted by Gasteiger charge is -2.12. The van der Waals surface area contributed by atoms with E-state index in [1.807, 2.05) is 11.4 Å². The Morgan fingerprint density at radius 3 is 3.07 bits per heavy atom. The molecule has 1 saturated carbocycles. The van der Waals surface area contributed by atoms with Crippen molar-refractivity contribution in [1.82, 2.24) is 9.97 Å². The Labute approximate surface area is 170 Å². The zero-order valence-electron chi connectivity index (χ0n) is 15.9. The van der Waals surface area contributed by atoms with Crippen LogP contribution in [0.4, 0.5) is 0 Å². The van der Waals surface area contributed by atoms with Crippen LogP contribution in [0.3, 0.4) is 0 Å². The van der Waals surface area contributed by atoms with Crippen molar-refractivity contribution in [3.8, 4) is 6.01 Å². The Morgan fingerprint density at radius 2 is 2.21 bits per heavy atom. The number of hydrogen-bond donors (Lipinski definition) is 1. The molecule has 3 aromatic heterocycles. The van der Waals surface area contributed by atoms with Crippen LogP contribution in [0.15, 0.2) is 36.7 Å². The molecule has 3 heterocycles. The summed E-state index contributed by atoms with van der Waals surface area (Å²) in [5, 5.41) is 6.57. The molecular formula is C21H21N3O4S. The Morgan fingerprint density at radius 1 is 1.31 bits per heavy atom. The van der Waals surface area contributed by atoms with Crippen LogP contribution in [0.2, 0.25) is 0 Å². The summed E-state index contributed by atoms with van der Waals surface area (Å²) in [5.41, 5.74) is 1.72. The molecule has 2 aliphatic carbocycles. The van der Waals surface area contributed by atoms with Gasteiger partial charge in [0.2, 0.25) is 5.71 Å². The number of aromatic nitrogens is 2. The predicted molar refractivity (Wildman–Crippen MR) is 111 cm³/mol. The van der Waals surface area contributed by atoms with Crippen molar-refractivity contribution in [3.05, 3.63) is 54.3 Å². The molecule has 0 saturated heterocycles. The third kappa shape index (κ3) is 3.89. The van der Waals surface area contributed by atoms with E-state index >= 15 is 0 Å². The molecule has 150 valence electrons. The minimum Gasteiger partial charge on any atom is -0.403 e. The fraction of sp³-hybridized carbons (Fsp3) is 0.429. The van der Waals surface area contributed by atoms with Crippen molar-refractivity contribution in [2.75, 3.05) is 0 Å². The second kappa shape index (κ2) is 7.59. The van der Waals surface area contributed by atoms with Crippen molar-refractivity contribution >= 4 is 28.1 Å². The molecule has 29 heavy (non-hydrogen) atoms. The Hall–Kier alpha value is -2.74. The van der Waals surface area contributed by atoms with E-state index in [0.29, 0.717) is 17.4 Å². The Kier molecular flexibility index (Phi) is 4.79. The SMILES string of the molecule is O=c1cc(CCCC2CC2)c2c(=O)[nH]c(O/N=C3/CCCc4sccc43)nc2o1. The van der Waals surface area contributed by atoms with Gasteiger partial charge in [-0.05, 0) is 55.0 Å². The molecule has 0 aromatic carbocycles. The van der Waals surface area contributed by atoms with E-state index in [-0.39, 0.29) is 17.3 Å². The molecule has 1 N–H and O–H groups in total. The third-order valence-corrected chi connectivity index (χ3v) is 6.53. The maximum atomic E-state index is 12.7. The maximum Gasteiger partial charge on any atom is 0.337 e. The first-order valence-corrected chi connectivity index (χ1v) is 10.9. The van der Waals surface area contributed by atoms with Crippen LogP contribution in [-0.4, -0.2) is 15.7 Å². The first-order chi connectivity index (χ1) is 14.2. The van der Waals surface area contributed by atoms with Crippen LogP contribution in [0.1, 0.15) is 54.5 Å². The van der Waals surface area contributed by atoms with Crippen LogP contribution in [0.5, 0.6) is 6.01 Å². The number of fused-ring (bicyclic) bond motifs is 2. The van der Waals surface area contributed by atoms with Gasteiger partial charge in [-0.25, -0.2) is 4.79 Å². The number of H-pyrrole nitrogens is 1. The molecule has 0 atom stereocenters. The molecule has 0 bridgehead atoms. The third-order valence-electron chi connectivity index (χ3n) is 5.55. The molecule has 8 heteroatoms. The molecule has 3 aromatic rings. The van der Waals surface area contributed by atoms with Crippen molar-refractivity contribution < 1.29 is 9.25 Å². The van der Waals surface area contributed by atoms with Gasteiger partial charge in [-0.2, -0.15) is 4.98 Å². The summed E-state index contributed by atoms with van der Waals surface area (Å²) < 4.78 is 5.19. The van der Waals surface area contributed by atoms with Crippen LogP contribution >= 0.6 is 11.3 Å². The molecule has 1 fully saturated rings. The van der Waals surface area contributed by atoms with Crippen LogP contribution in [-0.2, 0) is 12.8 Å². The van der Waals surface area contributed by atoms with Crippen molar-refractivity contribution in [2.45, 2.75) is 51.4 Å². The highest BCUT2D eigenvalue weighted by atomic mass is 32.1. The number of rotatable bonds is 6. The van der Waals surface area contributed by atoms with Crippen LogP contribution < -0.4 is 16.0 Å². The highest BCUT2D eigenvalue weighted by Crippen LogP contribution is 2.34. The lowest BCUT2D eigenvalue weighted by Crippen LogP contribution is -2.15. The summed E-state index contributed by atoms with van der Waals surface area (Å²) in [7, 11) is 0. The molecular weight excluding hydrogens is 390 g/mol. The van der Waals surface area contributed by atoms with Gasteiger partial charge < -0.3 is 9.25 Å². The van der Waals surface area contributed by atoms with Crippen molar-refractivity contribution in [3.63, 3.8) is 0 Å². The lowest BCUT2D eigenvalue weighted by molar-refractivity contribution is 0.310. The van der Waals surface area contributed by atoms with Gasteiger partial charge in [-0.1, -0.05) is 24.4 Å². The highest BCUT2D eigenvalue weighted by molar-refractivity contribution is 7.10. The van der Waals surface area contributed by atoms with E-state index in [4.69, 9.17) is 9.25 Å². The molecule has 5 rings (SSSR count). The van der Waals surface area contributed by atoms with Crippen molar-refractivity contribution in [1.29, 1.82) is 0 Å². The Bertz CT molecular complexity index is 1200. The minimum atomic E-state index is -0.510. The summed E-state index contributed by atoms with van der Waals surface area (Å²) in [6.07, 6.45) is 8.16. The van der Waals surface area contributed by atoms with Gasteiger partial charge in [-0.3, -0.25) is 9.78 Å². The van der Waals surface area contributed by atoms with Gasteiger partial charge in [-0.15, -0.1) is 11.3 Å². The average molecular weight is 411 g/mol. The first-order valence-electron chi connectivity index (χ1n) is 10.0. The number of nitrogens with zero attached hydrogens (tertiary/aromatic N) is 2. The zero-order valence-corrected chi connectivity index (χ0v) is 16.7. The van der Waals surface area contributed by atoms with Gasteiger partial charge in [0.05, 0.1) is 5.71 Å². The molecule has 0 radical (unpaired) electrons. The van der Waals surface area contributed by atoms with Gasteiger partial charge in [0.1, 0.15) is 5.39 Å². The molecule has 0 amide bonds. The smallest absolute Gasteiger partial charge is 0.337 e. The molecule has 0 unspecified atom stereocenters. The van der Waals surface area contributed by atoms with E-state index in [1.165, 1.54) is 23.8 Å². The van der Waals surface area contributed by atoms with Crippen LogP contribution in [0, 0.1) is 5.92 Å². The number of oxime groups is 1. The van der Waals surface area contributed by atoms with E-state index in [9.17, 15) is 9.59 Å². The lowest BCUT2D eigenvalue weighted by atomic mass is 9.97. The summed E-state index contributed by atoms with van der Waals surface area (Å²) in [4.78, 5) is 38.2. The normalized spacial score (nSPS) is 17.6. The van der Waals surface area contributed by atoms with Crippen molar-refractivity contribution in [2.24, 2.45) is 11.1 Å². The molecule has 0 spiro atoms. The largest absolute Gasteiger partial charge is 0.403 e. The van der Waals surface area contributed by atoms with Crippen LogP contribution in [0.25, 0.3) is 11.1 Å². The molecule has 0 aliphatic heterocycles. The monoisotopic (exact) mass is 411 g/mol. The van der Waals surface area contributed by atoms with E-state index in [2.05, 4.69) is 15.1 Å². The number of hydrogen-bond acceptors (Lipinski definition) is 7. The number of thiophene rings is 1. The quantitative estimate of drug-likeness (QED) is 0.623. The van der Waals surface area contributed by atoms with Gasteiger partial charge in [0, 0.05) is 16.5 Å².